The highest BCUT2D eigenvalue weighted by Crippen LogP contribution is 2.30. The lowest BCUT2D eigenvalue weighted by Gasteiger charge is -2.41. The van der Waals surface area contributed by atoms with Crippen molar-refractivity contribution in [2.24, 2.45) is 13.0 Å². The molecule has 2 atom stereocenters. The van der Waals surface area contributed by atoms with E-state index in [1.807, 2.05) is 29.2 Å². The Hall–Kier alpha value is -3.67. The van der Waals surface area contributed by atoms with Crippen molar-refractivity contribution < 1.29 is 31.8 Å². The second-order valence-corrected chi connectivity index (χ2v) is 10.4. The lowest BCUT2D eigenvalue weighted by molar-refractivity contribution is -0.214. The average molecular weight is 564 g/mol. The van der Waals surface area contributed by atoms with Gasteiger partial charge in [0, 0.05) is 38.2 Å². The number of aryl methyl sites for hydroxylation is 1. The summed E-state index contributed by atoms with van der Waals surface area (Å²) in [6, 6.07) is 13.1. The van der Waals surface area contributed by atoms with Crippen LogP contribution in [0.1, 0.15) is 32.3 Å². The first-order chi connectivity index (χ1) is 18.9. The van der Waals surface area contributed by atoms with E-state index in [0.717, 1.165) is 16.9 Å². The molecule has 4 rings (SSSR count). The number of piperidine rings is 1. The Balaban J connectivity index is 1.61. The number of halogens is 4. The van der Waals surface area contributed by atoms with Gasteiger partial charge in [0.2, 0.25) is 5.95 Å². The molecule has 3 aromatic rings. The van der Waals surface area contributed by atoms with E-state index in [-0.39, 0.29) is 18.3 Å². The molecule has 8 nitrogen and oxygen atoms in total. The maximum absolute atomic E-state index is 13.6. The number of hydrogen-bond donors (Lipinski definition) is 0. The summed E-state index contributed by atoms with van der Waals surface area (Å²) in [5.41, 5.74) is 1.54. The average Bonchev–Trinajstić information content (AvgIpc) is 3.29. The molecule has 0 radical (unpaired) electrons. The van der Waals surface area contributed by atoms with Crippen LogP contribution < -0.4 is 9.64 Å². The zero-order chi connectivity index (χ0) is 29.0. The second kappa shape index (κ2) is 12.2. The predicted octanol–water partition coefficient (Wildman–Crippen LogP) is 5.19. The molecule has 0 aliphatic carbocycles. The van der Waals surface area contributed by atoms with Crippen LogP contribution in [0, 0.1) is 11.7 Å². The molecule has 0 N–H and O–H groups in total. The van der Waals surface area contributed by atoms with Crippen molar-refractivity contribution in [1.29, 1.82) is 0 Å². The van der Waals surface area contributed by atoms with Gasteiger partial charge in [-0.25, -0.2) is 13.9 Å². The van der Waals surface area contributed by atoms with Crippen LogP contribution >= 0.6 is 0 Å². The highest BCUT2D eigenvalue weighted by Gasteiger charge is 2.44. The van der Waals surface area contributed by atoms with Crippen LogP contribution in [0.3, 0.4) is 0 Å². The van der Waals surface area contributed by atoms with Crippen molar-refractivity contribution in [2.75, 3.05) is 25.1 Å². The van der Waals surface area contributed by atoms with E-state index in [9.17, 15) is 22.4 Å². The molecule has 0 amide bonds. The number of esters is 1. The van der Waals surface area contributed by atoms with Crippen molar-refractivity contribution in [3.8, 4) is 17.1 Å². The molecule has 12 heteroatoms. The Labute approximate surface area is 230 Å². The number of carbonyl (C=O) groups excluding carboxylic acids is 1. The van der Waals surface area contributed by atoms with E-state index in [1.165, 1.54) is 12.1 Å². The maximum Gasteiger partial charge on any atom is 0.490 e. The summed E-state index contributed by atoms with van der Waals surface area (Å²) >= 11 is 0. The van der Waals surface area contributed by atoms with Crippen molar-refractivity contribution in [3.63, 3.8) is 0 Å². The summed E-state index contributed by atoms with van der Waals surface area (Å²) in [6.07, 6.45) is -5.48. The number of aromatic nitrogens is 3. The van der Waals surface area contributed by atoms with Gasteiger partial charge in [-0.1, -0.05) is 26.0 Å². The van der Waals surface area contributed by atoms with Gasteiger partial charge in [-0.05, 0) is 61.3 Å². The monoisotopic (exact) mass is 563 g/mol. The van der Waals surface area contributed by atoms with Crippen LogP contribution in [0.25, 0.3) is 11.4 Å². The molecule has 1 fully saturated rings. The van der Waals surface area contributed by atoms with Crippen molar-refractivity contribution >= 4 is 11.9 Å². The molecule has 0 saturated carbocycles. The third kappa shape index (κ3) is 7.29. The zero-order valence-electron chi connectivity index (χ0n) is 22.9. The Morgan fingerprint density at radius 2 is 1.77 bits per heavy atom. The van der Waals surface area contributed by atoms with Crippen LogP contribution in [0.2, 0.25) is 0 Å². The smallest absolute Gasteiger partial charge is 0.490 e. The highest BCUT2D eigenvalue weighted by atomic mass is 19.4. The number of nitrogens with zero attached hydrogens (tertiary/aromatic N) is 5. The van der Waals surface area contributed by atoms with Crippen molar-refractivity contribution in [3.05, 3.63) is 59.9 Å². The maximum atomic E-state index is 13.6. The molecule has 1 saturated heterocycles. The second-order valence-electron chi connectivity index (χ2n) is 10.4. The first kappa shape index (κ1) is 29.3. The Morgan fingerprint density at radius 3 is 2.40 bits per heavy atom. The van der Waals surface area contributed by atoms with E-state index < -0.39 is 18.4 Å². The molecule has 0 spiro atoms. The van der Waals surface area contributed by atoms with Gasteiger partial charge in [-0.2, -0.15) is 18.2 Å². The van der Waals surface area contributed by atoms with Gasteiger partial charge in [-0.3, -0.25) is 4.90 Å². The third-order valence-corrected chi connectivity index (χ3v) is 6.65. The SMILES string of the molecule is CC(C)COc1ccc(-c2nc(N(Cc3ccc(F)cc3)C3CCN(C)C(OC(=O)C(F)(F)F)C3)n(C)n2)cc1. The first-order valence-corrected chi connectivity index (χ1v) is 13.0. The standard InChI is InChI=1S/C28H33F4N5O3/c1-18(2)17-39-23-11-7-20(8-12-23)25-33-27(36(4)34-25)37(16-19-5-9-21(29)10-6-19)22-13-14-35(3)24(15-22)40-26(38)28(30,31)32/h5-12,18,22,24H,13-17H2,1-4H3. The number of carbonyl (C=O) groups is 1. The normalized spacial score (nSPS) is 18.1. The number of hydrogen-bond acceptors (Lipinski definition) is 7. The summed E-state index contributed by atoms with van der Waals surface area (Å²) in [5.74, 6) is -0.535. The van der Waals surface area contributed by atoms with Gasteiger partial charge in [-0.15, -0.1) is 5.10 Å². The van der Waals surface area contributed by atoms with E-state index >= 15 is 0 Å². The van der Waals surface area contributed by atoms with Gasteiger partial charge in [0.1, 0.15) is 11.6 Å². The van der Waals surface area contributed by atoms with Crippen molar-refractivity contribution in [1.82, 2.24) is 19.7 Å². The molecular weight excluding hydrogens is 530 g/mol. The minimum atomic E-state index is -5.09. The van der Waals surface area contributed by atoms with E-state index in [1.54, 1.807) is 35.8 Å². The molecule has 1 aliphatic heterocycles. The fourth-order valence-electron chi connectivity index (χ4n) is 4.50. The van der Waals surface area contributed by atoms with Crippen LogP contribution in [0.15, 0.2) is 48.5 Å². The molecule has 2 unspecified atom stereocenters. The summed E-state index contributed by atoms with van der Waals surface area (Å²) in [5, 5.41) is 4.59. The summed E-state index contributed by atoms with van der Waals surface area (Å²) in [7, 11) is 3.35. The number of ether oxygens (including phenoxy) is 2. The van der Waals surface area contributed by atoms with Crippen LogP contribution in [-0.2, 0) is 23.1 Å². The molecule has 2 heterocycles. The Kier molecular flexibility index (Phi) is 8.97. The predicted molar refractivity (Wildman–Crippen MR) is 141 cm³/mol. The minimum Gasteiger partial charge on any atom is -0.493 e. The van der Waals surface area contributed by atoms with E-state index in [2.05, 4.69) is 18.9 Å². The molecule has 2 aromatic carbocycles. The topological polar surface area (TPSA) is 72.7 Å². The number of benzene rings is 2. The van der Waals surface area contributed by atoms with Crippen molar-refractivity contribution in [2.45, 2.75) is 51.7 Å². The van der Waals surface area contributed by atoms with Gasteiger partial charge < -0.3 is 14.4 Å². The fourth-order valence-corrected chi connectivity index (χ4v) is 4.50. The number of anilines is 1. The molecule has 1 aromatic heterocycles. The quantitative estimate of drug-likeness (QED) is 0.262. The molecule has 40 heavy (non-hydrogen) atoms. The lowest BCUT2D eigenvalue weighted by Crippen LogP contribution is -2.51. The van der Waals surface area contributed by atoms with Gasteiger partial charge >= 0.3 is 12.1 Å². The Morgan fingerprint density at radius 1 is 1.10 bits per heavy atom. The van der Waals surface area contributed by atoms with Crippen LogP contribution in [0.4, 0.5) is 23.5 Å². The van der Waals surface area contributed by atoms with Gasteiger partial charge in [0.15, 0.2) is 12.1 Å². The van der Waals surface area contributed by atoms with Crippen LogP contribution in [0.5, 0.6) is 5.75 Å². The first-order valence-electron chi connectivity index (χ1n) is 13.0. The van der Waals surface area contributed by atoms with E-state index in [0.29, 0.717) is 43.8 Å². The summed E-state index contributed by atoms with van der Waals surface area (Å²) in [6.45, 7) is 5.42. The number of rotatable bonds is 9. The number of likely N-dealkylation sites (tertiary alicyclic amines) is 1. The highest BCUT2D eigenvalue weighted by molar-refractivity contribution is 5.75. The largest absolute Gasteiger partial charge is 0.493 e. The number of alkyl halides is 3. The van der Waals surface area contributed by atoms with E-state index in [4.69, 9.17) is 14.5 Å². The minimum absolute atomic E-state index is 0.115. The molecule has 0 bridgehead atoms. The Bertz CT molecular complexity index is 1280. The lowest BCUT2D eigenvalue weighted by atomic mass is 10.0. The summed E-state index contributed by atoms with van der Waals surface area (Å²) in [4.78, 5) is 19.9. The molecular formula is C28H33F4N5O3. The molecule has 1 aliphatic rings. The fraction of sp³-hybridized carbons (Fsp3) is 0.464. The van der Waals surface area contributed by atoms with Gasteiger partial charge in [0.05, 0.1) is 6.61 Å². The zero-order valence-corrected chi connectivity index (χ0v) is 22.9. The summed E-state index contributed by atoms with van der Waals surface area (Å²) < 4.78 is 64.6. The third-order valence-electron chi connectivity index (χ3n) is 6.65. The van der Waals surface area contributed by atoms with Crippen LogP contribution in [-0.4, -0.2) is 64.3 Å². The molecule has 216 valence electrons. The van der Waals surface area contributed by atoms with Gasteiger partial charge in [0.25, 0.3) is 0 Å².